The Morgan fingerprint density at radius 3 is 2.74 bits per heavy atom. The van der Waals surface area contributed by atoms with Gasteiger partial charge < -0.3 is 10.2 Å². The molecule has 0 bridgehead atoms. The van der Waals surface area contributed by atoms with Crippen LogP contribution in [0.4, 0.5) is 20.3 Å². The number of halogens is 2. The molecule has 3 aliphatic rings. The predicted octanol–water partition coefficient (Wildman–Crippen LogP) is 4.83. The summed E-state index contributed by atoms with van der Waals surface area (Å²) in [6.45, 7) is 0.932. The molecule has 3 aromatic rings. The highest BCUT2D eigenvalue weighted by Crippen LogP contribution is 2.52. The molecular formula is C29H28F2N6O2. The summed E-state index contributed by atoms with van der Waals surface area (Å²) in [7, 11) is 0. The minimum atomic E-state index is -2.54. The Hall–Kier alpha value is -4.13. The summed E-state index contributed by atoms with van der Waals surface area (Å²) in [4.78, 5) is 31.8. The van der Waals surface area contributed by atoms with E-state index in [0.717, 1.165) is 29.5 Å². The lowest BCUT2D eigenvalue weighted by Gasteiger charge is -2.34. The molecule has 10 heteroatoms. The topological polar surface area (TPSA) is 104 Å². The van der Waals surface area contributed by atoms with Crippen molar-refractivity contribution in [3.63, 3.8) is 0 Å². The maximum atomic E-state index is 13.1. The molecule has 2 saturated carbocycles. The number of benzene rings is 1. The SMILES string of the molecule is N#C[C@@]1(C2CC2)CCN(c2ccnc(NC(=O)Cc3cccc(-c4cnn(CC5CC(F)(F)C5)c4)c3)c2)C1=O. The molecule has 0 radical (unpaired) electrons. The first-order chi connectivity index (χ1) is 18.7. The van der Waals surface area contributed by atoms with Crippen LogP contribution >= 0.6 is 0 Å². The number of nitrogens with zero attached hydrogens (tertiary/aromatic N) is 5. The van der Waals surface area contributed by atoms with E-state index < -0.39 is 11.3 Å². The van der Waals surface area contributed by atoms with E-state index in [1.807, 2.05) is 30.5 Å². The Balaban J connectivity index is 1.08. The van der Waals surface area contributed by atoms with E-state index in [1.54, 1.807) is 34.1 Å². The van der Waals surface area contributed by atoms with Crippen molar-refractivity contribution in [3.05, 3.63) is 60.6 Å². The van der Waals surface area contributed by atoms with Crippen LogP contribution in [0.15, 0.2) is 55.0 Å². The van der Waals surface area contributed by atoms with Crippen LogP contribution < -0.4 is 10.2 Å². The van der Waals surface area contributed by atoms with Crippen LogP contribution in [0.3, 0.4) is 0 Å². The maximum Gasteiger partial charge on any atom is 0.248 e. The first-order valence-corrected chi connectivity index (χ1v) is 13.2. The van der Waals surface area contributed by atoms with Gasteiger partial charge in [-0.1, -0.05) is 24.3 Å². The van der Waals surface area contributed by atoms with Gasteiger partial charge in [0.1, 0.15) is 11.2 Å². The van der Waals surface area contributed by atoms with Crippen molar-refractivity contribution in [2.45, 2.75) is 51.0 Å². The molecule has 3 fully saturated rings. The minimum absolute atomic E-state index is 0.0643. The van der Waals surface area contributed by atoms with Crippen LogP contribution in [0, 0.1) is 28.6 Å². The molecule has 6 rings (SSSR count). The molecule has 2 aromatic heterocycles. The molecule has 2 aliphatic carbocycles. The quantitative estimate of drug-likeness (QED) is 0.449. The highest BCUT2D eigenvalue weighted by Gasteiger charge is 2.56. The number of hydrogen-bond donors (Lipinski definition) is 1. The molecule has 200 valence electrons. The van der Waals surface area contributed by atoms with E-state index in [-0.39, 0.29) is 42.9 Å². The minimum Gasteiger partial charge on any atom is -0.311 e. The smallest absolute Gasteiger partial charge is 0.248 e. The van der Waals surface area contributed by atoms with Gasteiger partial charge in [-0.05, 0) is 48.3 Å². The molecule has 1 atom stereocenters. The number of anilines is 2. The van der Waals surface area contributed by atoms with Gasteiger partial charge in [-0.25, -0.2) is 13.8 Å². The molecule has 1 saturated heterocycles. The van der Waals surface area contributed by atoms with E-state index in [0.29, 0.717) is 31.0 Å². The molecule has 0 unspecified atom stereocenters. The number of carbonyl (C=O) groups is 2. The molecule has 1 N–H and O–H groups in total. The summed E-state index contributed by atoms with van der Waals surface area (Å²) in [5, 5.41) is 16.9. The summed E-state index contributed by atoms with van der Waals surface area (Å²) in [6, 6.07) is 13.2. The highest BCUT2D eigenvalue weighted by atomic mass is 19.3. The Morgan fingerprint density at radius 1 is 1.18 bits per heavy atom. The van der Waals surface area contributed by atoms with E-state index in [1.165, 1.54) is 0 Å². The van der Waals surface area contributed by atoms with Crippen molar-refractivity contribution >= 4 is 23.3 Å². The van der Waals surface area contributed by atoms with Crippen molar-refractivity contribution in [2.75, 3.05) is 16.8 Å². The zero-order valence-electron chi connectivity index (χ0n) is 21.3. The number of rotatable bonds is 8. The van der Waals surface area contributed by atoms with Gasteiger partial charge in [0.2, 0.25) is 17.7 Å². The summed E-state index contributed by atoms with van der Waals surface area (Å²) in [5.41, 5.74) is 2.22. The third kappa shape index (κ3) is 5.01. The zero-order valence-corrected chi connectivity index (χ0v) is 21.3. The van der Waals surface area contributed by atoms with Crippen LogP contribution in [0.2, 0.25) is 0 Å². The van der Waals surface area contributed by atoms with Crippen LogP contribution in [-0.4, -0.2) is 39.0 Å². The first-order valence-electron chi connectivity index (χ1n) is 13.2. The fourth-order valence-corrected chi connectivity index (χ4v) is 5.81. The number of amides is 2. The van der Waals surface area contributed by atoms with Gasteiger partial charge in [-0.15, -0.1) is 0 Å². The molecule has 1 aromatic carbocycles. The van der Waals surface area contributed by atoms with E-state index >= 15 is 0 Å². The van der Waals surface area contributed by atoms with Crippen molar-refractivity contribution in [1.29, 1.82) is 5.26 Å². The summed E-state index contributed by atoms with van der Waals surface area (Å²) in [6.07, 6.45) is 7.36. The van der Waals surface area contributed by atoms with Crippen LogP contribution in [0.5, 0.6) is 0 Å². The zero-order chi connectivity index (χ0) is 27.2. The lowest BCUT2D eigenvalue weighted by atomic mass is 9.81. The second kappa shape index (κ2) is 9.56. The lowest BCUT2D eigenvalue weighted by Crippen LogP contribution is -2.37. The van der Waals surface area contributed by atoms with E-state index in [2.05, 4.69) is 21.5 Å². The lowest BCUT2D eigenvalue weighted by molar-refractivity contribution is -0.124. The number of aromatic nitrogens is 3. The van der Waals surface area contributed by atoms with E-state index in [9.17, 15) is 23.6 Å². The maximum absolute atomic E-state index is 13.1. The van der Waals surface area contributed by atoms with Gasteiger partial charge in [-0.2, -0.15) is 10.4 Å². The number of pyridine rings is 1. The Kier molecular flexibility index (Phi) is 6.17. The third-order valence-corrected chi connectivity index (χ3v) is 8.03. The first kappa shape index (κ1) is 25.2. The Labute approximate surface area is 224 Å². The monoisotopic (exact) mass is 530 g/mol. The molecular weight excluding hydrogens is 502 g/mol. The second-order valence-electron chi connectivity index (χ2n) is 11.0. The standard InChI is InChI=1S/C29H28F2N6O2/c30-29(31)13-20(14-29)16-36-17-22(15-34-36)21-3-1-2-19(10-21)11-26(38)35-25-12-24(6-8-33-25)37-9-7-28(18-32,27(37)39)23-4-5-23/h1-3,6,8,10,12,15,17,20,23H,4-5,7,9,11,13-14,16H2,(H,33,35,38)/t28-/m1/s1. The Morgan fingerprint density at radius 2 is 2.00 bits per heavy atom. The number of nitriles is 1. The van der Waals surface area contributed by atoms with Crippen molar-refractivity contribution in [2.24, 2.45) is 17.3 Å². The number of carbonyl (C=O) groups excluding carboxylic acids is 2. The summed E-state index contributed by atoms with van der Waals surface area (Å²) in [5.74, 6) is -2.55. The summed E-state index contributed by atoms with van der Waals surface area (Å²) < 4.78 is 28.0. The van der Waals surface area contributed by atoms with Crippen molar-refractivity contribution < 1.29 is 18.4 Å². The van der Waals surface area contributed by atoms with Crippen molar-refractivity contribution in [3.8, 4) is 17.2 Å². The average molecular weight is 531 g/mol. The van der Waals surface area contributed by atoms with Crippen molar-refractivity contribution in [1.82, 2.24) is 14.8 Å². The van der Waals surface area contributed by atoms with Gasteiger partial charge in [0.15, 0.2) is 0 Å². The molecule has 0 spiro atoms. The number of hydrogen-bond acceptors (Lipinski definition) is 5. The fourth-order valence-electron chi connectivity index (χ4n) is 5.81. The van der Waals surface area contributed by atoms with E-state index in [4.69, 9.17) is 0 Å². The predicted molar refractivity (Wildman–Crippen MR) is 140 cm³/mol. The molecule has 39 heavy (non-hydrogen) atoms. The molecule has 8 nitrogen and oxygen atoms in total. The fraction of sp³-hybridized carbons (Fsp3) is 0.414. The third-order valence-electron chi connectivity index (χ3n) is 8.03. The number of alkyl halides is 2. The average Bonchev–Trinajstić information content (AvgIpc) is 3.54. The normalized spacial score (nSPS) is 22.4. The Bertz CT molecular complexity index is 1470. The number of nitrogens with one attached hydrogen (secondary N) is 1. The summed E-state index contributed by atoms with van der Waals surface area (Å²) >= 11 is 0. The highest BCUT2D eigenvalue weighted by molar-refractivity contribution is 6.02. The van der Waals surface area contributed by atoms with Crippen LogP contribution in [0.1, 0.15) is 37.7 Å². The van der Waals surface area contributed by atoms with Gasteiger partial charge in [0, 0.05) is 55.6 Å². The second-order valence-corrected chi connectivity index (χ2v) is 11.0. The van der Waals surface area contributed by atoms with Gasteiger partial charge in [0.25, 0.3) is 0 Å². The molecule has 1 aliphatic heterocycles. The van der Waals surface area contributed by atoms with Gasteiger partial charge in [-0.3, -0.25) is 14.3 Å². The van der Waals surface area contributed by atoms with Gasteiger partial charge in [0.05, 0.1) is 18.7 Å². The molecule has 2 amide bonds. The van der Waals surface area contributed by atoms with Crippen LogP contribution in [-0.2, 0) is 22.6 Å². The largest absolute Gasteiger partial charge is 0.311 e. The van der Waals surface area contributed by atoms with Gasteiger partial charge >= 0.3 is 0 Å². The van der Waals surface area contributed by atoms with Crippen LogP contribution in [0.25, 0.3) is 11.1 Å². The molecule has 3 heterocycles.